The summed E-state index contributed by atoms with van der Waals surface area (Å²) in [7, 11) is 0. The van der Waals surface area contributed by atoms with Gasteiger partial charge in [0, 0.05) is 6.54 Å². The topological polar surface area (TPSA) is 42.7 Å². The van der Waals surface area contributed by atoms with Crippen molar-refractivity contribution in [1.29, 1.82) is 0 Å². The molecule has 1 aromatic heterocycles. The molecular weight excluding hydrogens is 236 g/mol. The Bertz CT molecular complexity index is 539. The molecule has 0 saturated carbocycles. The van der Waals surface area contributed by atoms with Gasteiger partial charge in [0.1, 0.15) is 0 Å². The van der Waals surface area contributed by atoms with Crippen molar-refractivity contribution in [2.45, 2.75) is 32.4 Å². The fraction of sp³-hybridized carbons (Fsp3) is 0.333. The van der Waals surface area contributed by atoms with Crippen molar-refractivity contribution in [2.75, 3.05) is 0 Å². The Morgan fingerprint density at radius 3 is 2.84 bits per heavy atom. The van der Waals surface area contributed by atoms with Crippen LogP contribution >= 0.6 is 0 Å². The number of hydrogen-bond donors (Lipinski definition) is 1. The average molecular weight is 254 g/mol. The Morgan fingerprint density at radius 2 is 2.16 bits per heavy atom. The van der Waals surface area contributed by atoms with E-state index < -0.39 is 0 Å². The van der Waals surface area contributed by atoms with Gasteiger partial charge in [-0.2, -0.15) is 15.0 Å². The largest absolute Gasteiger partial charge is 0.298 e. The third kappa shape index (κ3) is 3.67. The molecule has 1 heterocycles. The van der Waals surface area contributed by atoms with Crippen LogP contribution in [-0.2, 0) is 6.54 Å². The van der Waals surface area contributed by atoms with E-state index >= 15 is 0 Å². The summed E-state index contributed by atoms with van der Waals surface area (Å²) in [5, 5.41) is 12.0. The smallest absolute Gasteiger partial charge is 0.0969 e. The molecule has 2 rings (SSSR count). The number of hydrogen-bond acceptors (Lipinski definition) is 3. The van der Waals surface area contributed by atoms with Crippen LogP contribution in [0, 0.1) is 12.3 Å². The summed E-state index contributed by atoms with van der Waals surface area (Å²) < 4.78 is 0. The molecule has 1 unspecified atom stereocenters. The van der Waals surface area contributed by atoms with E-state index in [2.05, 4.69) is 28.4 Å². The normalized spacial score (nSPS) is 12.0. The molecule has 1 N–H and O–H groups in total. The highest BCUT2D eigenvalue weighted by Crippen LogP contribution is 2.04. The van der Waals surface area contributed by atoms with E-state index in [1.807, 2.05) is 30.3 Å². The van der Waals surface area contributed by atoms with E-state index in [-0.39, 0.29) is 6.04 Å². The van der Waals surface area contributed by atoms with Crippen molar-refractivity contribution < 1.29 is 0 Å². The zero-order valence-corrected chi connectivity index (χ0v) is 11.1. The van der Waals surface area contributed by atoms with Crippen LogP contribution in [-0.4, -0.2) is 21.0 Å². The van der Waals surface area contributed by atoms with Crippen molar-refractivity contribution in [2.24, 2.45) is 0 Å². The zero-order valence-electron chi connectivity index (χ0n) is 11.1. The number of para-hydroxylation sites is 1. The van der Waals surface area contributed by atoms with Gasteiger partial charge < -0.3 is 0 Å². The molecule has 0 aliphatic carbocycles. The maximum atomic E-state index is 5.47. The molecule has 19 heavy (non-hydrogen) atoms. The number of benzene rings is 1. The highest BCUT2D eigenvalue weighted by molar-refractivity contribution is 5.28. The molecule has 1 atom stereocenters. The number of aromatic nitrogens is 3. The Balaban J connectivity index is 1.97. The predicted octanol–water partition coefficient (Wildman–Crippen LogP) is 2.16. The van der Waals surface area contributed by atoms with Crippen molar-refractivity contribution in [3.05, 3.63) is 42.2 Å². The fourth-order valence-electron chi connectivity index (χ4n) is 1.82. The van der Waals surface area contributed by atoms with Crippen LogP contribution in [0.2, 0.25) is 0 Å². The summed E-state index contributed by atoms with van der Waals surface area (Å²) in [5.74, 6) is 2.75. The van der Waals surface area contributed by atoms with E-state index in [1.54, 1.807) is 11.0 Å². The molecule has 98 valence electrons. The lowest BCUT2D eigenvalue weighted by atomic mass is 10.2. The van der Waals surface area contributed by atoms with Gasteiger partial charge in [-0.05, 0) is 18.6 Å². The Hall–Kier alpha value is -2.12. The Labute approximate surface area is 113 Å². The number of rotatable bonds is 6. The molecule has 0 aliphatic rings. The zero-order chi connectivity index (χ0) is 13.5. The van der Waals surface area contributed by atoms with Gasteiger partial charge >= 0.3 is 0 Å². The Kier molecular flexibility index (Phi) is 4.71. The predicted molar refractivity (Wildman–Crippen MR) is 75.7 cm³/mol. The SMILES string of the molecule is C#CC(CCC)NCc1cnn(-c2ccccc2)n1. The summed E-state index contributed by atoms with van der Waals surface area (Å²) in [5.41, 5.74) is 1.84. The summed E-state index contributed by atoms with van der Waals surface area (Å²) in [4.78, 5) is 1.63. The van der Waals surface area contributed by atoms with Crippen molar-refractivity contribution in [3.8, 4) is 18.0 Å². The third-order valence-electron chi connectivity index (χ3n) is 2.83. The molecular formula is C15H18N4. The molecule has 4 nitrogen and oxygen atoms in total. The summed E-state index contributed by atoms with van der Waals surface area (Å²) in [6.07, 6.45) is 9.27. The van der Waals surface area contributed by atoms with Gasteiger partial charge in [0.2, 0.25) is 0 Å². The average Bonchev–Trinajstić information content (AvgIpc) is 2.93. The number of nitrogens with one attached hydrogen (secondary N) is 1. The first-order valence-corrected chi connectivity index (χ1v) is 6.49. The molecule has 0 spiro atoms. The minimum absolute atomic E-state index is 0.104. The summed E-state index contributed by atoms with van der Waals surface area (Å²) in [6.45, 7) is 2.76. The van der Waals surface area contributed by atoms with Crippen LogP contribution in [0.1, 0.15) is 25.5 Å². The van der Waals surface area contributed by atoms with Gasteiger partial charge in [-0.25, -0.2) is 0 Å². The van der Waals surface area contributed by atoms with Crippen LogP contribution in [0.3, 0.4) is 0 Å². The molecule has 4 heteroatoms. The highest BCUT2D eigenvalue weighted by atomic mass is 15.5. The molecule has 0 aliphatic heterocycles. The second-order valence-electron chi connectivity index (χ2n) is 4.35. The van der Waals surface area contributed by atoms with Gasteiger partial charge in [-0.1, -0.05) is 37.5 Å². The molecule has 0 bridgehead atoms. The van der Waals surface area contributed by atoms with Crippen LogP contribution in [0.15, 0.2) is 36.5 Å². The van der Waals surface area contributed by atoms with Crippen molar-refractivity contribution in [1.82, 2.24) is 20.3 Å². The number of nitrogens with zero attached hydrogens (tertiary/aromatic N) is 3. The third-order valence-corrected chi connectivity index (χ3v) is 2.83. The van der Waals surface area contributed by atoms with Crippen LogP contribution < -0.4 is 5.32 Å². The molecule has 0 radical (unpaired) electrons. The van der Waals surface area contributed by atoms with E-state index in [0.29, 0.717) is 6.54 Å². The van der Waals surface area contributed by atoms with Gasteiger partial charge in [0.05, 0.1) is 23.6 Å². The molecule has 0 fully saturated rings. The Morgan fingerprint density at radius 1 is 1.37 bits per heavy atom. The van der Waals surface area contributed by atoms with Gasteiger partial charge in [0.25, 0.3) is 0 Å². The first-order valence-electron chi connectivity index (χ1n) is 6.49. The minimum Gasteiger partial charge on any atom is -0.298 e. The second kappa shape index (κ2) is 6.72. The quantitative estimate of drug-likeness (QED) is 0.803. The lowest BCUT2D eigenvalue weighted by molar-refractivity contribution is 0.554. The minimum atomic E-state index is 0.104. The molecule has 0 saturated heterocycles. The van der Waals surface area contributed by atoms with Crippen molar-refractivity contribution in [3.63, 3.8) is 0 Å². The fourth-order valence-corrected chi connectivity index (χ4v) is 1.82. The van der Waals surface area contributed by atoms with E-state index in [0.717, 1.165) is 24.2 Å². The first-order chi connectivity index (χ1) is 9.33. The van der Waals surface area contributed by atoms with Gasteiger partial charge in [-0.15, -0.1) is 6.42 Å². The number of terminal acetylenes is 1. The van der Waals surface area contributed by atoms with E-state index in [4.69, 9.17) is 6.42 Å². The molecule has 0 amide bonds. The first kappa shape index (κ1) is 13.3. The van der Waals surface area contributed by atoms with E-state index in [1.165, 1.54) is 0 Å². The van der Waals surface area contributed by atoms with Gasteiger partial charge in [0.15, 0.2) is 0 Å². The maximum absolute atomic E-state index is 5.47. The standard InChI is InChI=1S/C15H18N4/c1-3-8-13(4-2)16-11-14-12-17-19(18-14)15-9-6-5-7-10-15/h2,5-7,9-10,12-13,16H,3,8,11H2,1H3. The molecule has 2 aromatic rings. The monoisotopic (exact) mass is 254 g/mol. The van der Waals surface area contributed by atoms with Crippen LogP contribution in [0.25, 0.3) is 5.69 Å². The van der Waals surface area contributed by atoms with Crippen molar-refractivity contribution >= 4 is 0 Å². The molecule has 1 aromatic carbocycles. The summed E-state index contributed by atoms with van der Waals surface area (Å²) >= 11 is 0. The lowest BCUT2D eigenvalue weighted by Crippen LogP contribution is -2.27. The van der Waals surface area contributed by atoms with E-state index in [9.17, 15) is 0 Å². The maximum Gasteiger partial charge on any atom is 0.0969 e. The lowest BCUT2D eigenvalue weighted by Gasteiger charge is -2.09. The van der Waals surface area contributed by atoms with Gasteiger partial charge in [-0.3, -0.25) is 5.32 Å². The highest BCUT2D eigenvalue weighted by Gasteiger charge is 2.06. The van der Waals surface area contributed by atoms with Crippen LogP contribution in [0.4, 0.5) is 0 Å². The second-order valence-corrected chi connectivity index (χ2v) is 4.35. The summed E-state index contributed by atoms with van der Waals surface area (Å²) in [6, 6.07) is 9.94. The van der Waals surface area contributed by atoms with Crippen LogP contribution in [0.5, 0.6) is 0 Å².